The summed E-state index contributed by atoms with van der Waals surface area (Å²) >= 11 is 1.58. The van der Waals surface area contributed by atoms with Gasteiger partial charge < -0.3 is 15.4 Å². The Kier molecular flexibility index (Phi) is 6.66. The number of nitrogens with one attached hydrogen (secondary N) is 2. The molecule has 8 heteroatoms. The van der Waals surface area contributed by atoms with Crippen LogP contribution in [0.1, 0.15) is 28.6 Å². The van der Waals surface area contributed by atoms with Crippen LogP contribution in [-0.4, -0.2) is 35.2 Å². The van der Waals surface area contributed by atoms with Gasteiger partial charge in [0.1, 0.15) is 5.75 Å². The van der Waals surface area contributed by atoms with Crippen LogP contribution in [0.2, 0.25) is 0 Å². The standard InChI is InChI=1S/C21H24N4O3S/c1-14-10-15(2)25(24-14)18(17-8-9-29-13-17)12-23-21(27)20(26)22-11-16-6-4-5-7-19(16)28-3/h4-10,13,18H,11-12H2,1-3H3,(H,22,26)(H,23,27). The van der Waals surface area contributed by atoms with E-state index in [1.165, 1.54) is 0 Å². The minimum absolute atomic E-state index is 0.180. The van der Waals surface area contributed by atoms with E-state index in [-0.39, 0.29) is 19.1 Å². The van der Waals surface area contributed by atoms with Gasteiger partial charge in [0, 0.05) is 24.3 Å². The average Bonchev–Trinajstić information content (AvgIpc) is 3.36. The van der Waals surface area contributed by atoms with Crippen LogP contribution < -0.4 is 15.4 Å². The van der Waals surface area contributed by atoms with E-state index >= 15 is 0 Å². The number of benzene rings is 1. The first-order chi connectivity index (χ1) is 14.0. The Hall–Kier alpha value is -3.13. The zero-order chi connectivity index (χ0) is 20.8. The van der Waals surface area contributed by atoms with Crippen molar-refractivity contribution in [3.63, 3.8) is 0 Å². The molecule has 152 valence electrons. The predicted octanol–water partition coefficient (Wildman–Crippen LogP) is 2.59. The maximum atomic E-state index is 12.3. The zero-order valence-electron chi connectivity index (χ0n) is 16.6. The number of rotatable bonds is 7. The molecule has 3 aromatic rings. The molecule has 1 aromatic carbocycles. The van der Waals surface area contributed by atoms with Gasteiger partial charge in [0.2, 0.25) is 0 Å². The summed E-state index contributed by atoms with van der Waals surface area (Å²) in [7, 11) is 1.57. The van der Waals surface area contributed by atoms with Crippen LogP contribution >= 0.6 is 11.3 Å². The summed E-state index contributed by atoms with van der Waals surface area (Å²) in [4.78, 5) is 24.6. The molecule has 0 aliphatic carbocycles. The smallest absolute Gasteiger partial charge is 0.309 e. The summed E-state index contributed by atoms with van der Waals surface area (Å²) in [6.07, 6.45) is 0. The minimum atomic E-state index is -0.687. The van der Waals surface area contributed by atoms with E-state index in [0.29, 0.717) is 5.75 Å². The van der Waals surface area contributed by atoms with Gasteiger partial charge in [-0.1, -0.05) is 18.2 Å². The van der Waals surface area contributed by atoms with E-state index in [0.717, 1.165) is 22.5 Å². The lowest BCUT2D eigenvalue weighted by atomic mass is 10.1. The van der Waals surface area contributed by atoms with Crippen molar-refractivity contribution < 1.29 is 14.3 Å². The molecule has 7 nitrogen and oxygen atoms in total. The average molecular weight is 413 g/mol. The molecule has 0 fully saturated rings. The van der Waals surface area contributed by atoms with Gasteiger partial charge in [-0.3, -0.25) is 14.3 Å². The summed E-state index contributed by atoms with van der Waals surface area (Å²) in [6, 6.07) is 11.2. The molecule has 29 heavy (non-hydrogen) atoms. The number of amides is 2. The minimum Gasteiger partial charge on any atom is -0.496 e. The summed E-state index contributed by atoms with van der Waals surface area (Å²) in [5.41, 5.74) is 3.74. The van der Waals surface area contributed by atoms with Gasteiger partial charge in [-0.15, -0.1) is 0 Å². The highest BCUT2D eigenvalue weighted by molar-refractivity contribution is 7.08. The van der Waals surface area contributed by atoms with E-state index < -0.39 is 11.8 Å². The molecule has 0 aliphatic rings. The highest BCUT2D eigenvalue weighted by atomic mass is 32.1. The van der Waals surface area contributed by atoms with Crippen molar-refractivity contribution in [1.82, 2.24) is 20.4 Å². The summed E-state index contributed by atoms with van der Waals surface area (Å²) in [5, 5.41) is 13.9. The molecule has 0 bridgehead atoms. The molecule has 0 saturated carbocycles. The van der Waals surface area contributed by atoms with Crippen LogP contribution in [0.15, 0.2) is 47.2 Å². The predicted molar refractivity (Wildman–Crippen MR) is 112 cm³/mol. The van der Waals surface area contributed by atoms with Crippen molar-refractivity contribution in [3.8, 4) is 5.75 Å². The lowest BCUT2D eigenvalue weighted by Crippen LogP contribution is -2.42. The van der Waals surface area contributed by atoms with Gasteiger partial charge >= 0.3 is 11.8 Å². The van der Waals surface area contributed by atoms with E-state index in [1.807, 2.05) is 59.6 Å². The summed E-state index contributed by atoms with van der Waals surface area (Å²) in [5.74, 6) is -0.703. The molecule has 3 rings (SSSR count). The molecule has 1 atom stereocenters. The monoisotopic (exact) mass is 412 g/mol. The summed E-state index contributed by atoms with van der Waals surface area (Å²) < 4.78 is 7.14. The Morgan fingerprint density at radius 3 is 2.59 bits per heavy atom. The lowest BCUT2D eigenvalue weighted by molar-refractivity contribution is -0.139. The zero-order valence-corrected chi connectivity index (χ0v) is 17.5. The molecule has 2 N–H and O–H groups in total. The number of aromatic nitrogens is 2. The first-order valence-corrected chi connectivity index (χ1v) is 10.2. The van der Waals surface area contributed by atoms with Gasteiger partial charge in [0.05, 0.1) is 18.8 Å². The number of para-hydroxylation sites is 1. The van der Waals surface area contributed by atoms with Crippen molar-refractivity contribution in [2.45, 2.75) is 26.4 Å². The largest absolute Gasteiger partial charge is 0.496 e. The van der Waals surface area contributed by atoms with Crippen LogP contribution in [-0.2, 0) is 16.1 Å². The SMILES string of the molecule is COc1ccccc1CNC(=O)C(=O)NCC(c1ccsc1)n1nc(C)cc1C. The number of ether oxygens (including phenoxy) is 1. The van der Waals surface area contributed by atoms with Crippen LogP contribution in [0.4, 0.5) is 0 Å². The van der Waals surface area contributed by atoms with Crippen molar-refractivity contribution in [2.24, 2.45) is 0 Å². The number of thiophene rings is 1. The second-order valence-electron chi connectivity index (χ2n) is 6.65. The molecule has 0 saturated heterocycles. The number of aryl methyl sites for hydroxylation is 2. The molecule has 1 unspecified atom stereocenters. The Bertz CT molecular complexity index is 982. The normalized spacial score (nSPS) is 11.7. The fourth-order valence-electron chi connectivity index (χ4n) is 3.15. The second-order valence-corrected chi connectivity index (χ2v) is 7.43. The lowest BCUT2D eigenvalue weighted by Gasteiger charge is -2.19. The van der Waals surface area contributed by atoms with Gasteiger partial charge in [-0.05, 0) is 48.4 Å². The molecular formula is C21H24N4O3S. The van der Waals surface area contributed by atoms with Gasteiger partial charge in [0.25, 0.3) is 0 Å². The van der Waals surface area contributed by atoms with Crippen LogP contribution in [0, 0.1) is 13.8 Å². The Morgan fingerprint density at radius 2 is 1.93 bits per heavy atom. The highest BCUT2D eigenvalue weighted by Gasteiger charge is 2.21. The van der Waals surface area contributed by atoms with E-state index in [9.17, 15) is 9.59 Å². The van der Waals surface area contributed by atoms with Gasteiger partial charge in [0.15, 0.2) is 0 Å². The van der Waals surface area contributed by atoms with Crippen molar-refractivity contribution in [3.05, 3.63) is 69.7 Å². The van der Waals surface area contributed by atoms with Crippen LogP contribution in [0.3, 0.4) is 0 Å². The molecule has 0 aliphatic heterocycles. The fourth-order valence-corrected chi connectivity index (χ4v) is 3.85. The second kappa shape index (κ2) is 9.38. The third-order valence-corrected chi connectivity index (χ3v) is 5.26. The van der Waals surface area contributed by atoms with Crippen molar-refractivity contribution in [2.75, 3.05) is 13.7 Å². The molecule has 0 spiro atoms. The van der Waals surface area contributed by atoms with Crippen LogP contribution in [0.5, 0.6) is 5.75 Å². The molecular weight excluding hydrogens is 388 g/mol. The number of hydrogen-bond acceptors (Lipinski definition) is 5. The van der Waals surface area contributed by atoms with Crippen molar-refractivity contribution >= 4 is 23.2 Å². The van der Waals surface area contributed by atoms with Crippen LogP contribution in [0.25, 0.3) is 0 Å². The Morgan fingerprint density at radius 1 is 1.17 bits per heavy atom. The van der Waals surface area contributed by atoms with Gasteiger partial charge in [-0.2, -0.15) is 16.4 Å². The molecule has 2 amide bonds. The van der Waals surface area contributed by atoms with Gasteiger partial charge in [-0.25, -0.2) is 0 Å². The maximum absolute atomic E-state index is 12.3. The quantitative estimate of drug-likeness (QED) is 0.584. The fraction of sp³-hybridized carbons (Fsp3) is 0.286. The maximum Gasteiger partial charge on any atom is 0.309 e. The number of carbonyl (C=O) groups is 2. The topological polar surface area (TPSA) is 85.2 Å². The number of hydrogen-bond donors (Lipinski definition) is 2. The molecule has 2 heterocycles. The molecule has 0 radical (unpaired) electrons. The Balaban J connectivity index is 1.62. The van der Waals surface area contributed by atoms with E-state index in [4.69, 9.17) is 4.74 Å². The Labute approximate surface area is 173 Å². The van der Waals surface area contributed by atoms with E-state index in [2.05, 4.69) is 15.7 Å². The first-order valence-electron chi connectivity index (χ1n) is 9.22. The summed E-state index contributed by atoms with van der Waals surface area (Å²) in [6.45, 7) is 4.38. The first kappa shape index (κ1) is 20.6. The van der Waals surface area contributed by atoms with E-state index in [1.54, 1.807) is 24.5 Å². The molecule has 2 aromatic heterocycles. The number of nitrogens with zero attached hydrogens (tertiary/aromatic N) is 2. The third kappa shape index (κ3) is 5.03. The highest BCUT2D eigenvalue weighted by Crippen LogP contribution is 2.22. The number of methoxy groups -OCH3 is 1. The number of carbonyl (C=O) groups excluding carboxylic acids is 2. The third-order valence-electron chi connectivity index (χ3n) is 4.56. The van der Waals surface area contributed by atoms with Crippen molar-refractivity contribution in [1.29, 1.82) is 0 Å².